The molecular weight excluding hydrogens is 358 g/mol. The van der Waals surface area contributed by atoms with Crippen LogP contribution >= 0.6 is 0 Å². The number of carbonyl (C=O) groups excluding carboxylic acids is 2. The van der Waals surface area contributed by atoms with E-state index in [4.69, 9.17) is 9.84 Å². The third kappa shape index (κ3) is 4.22. The van der Waals surface area contributed by atoms with Crippen molar-refractivity contribution in [1.29, 1.82) is 0 Å². The van der Waals surface area contributed by atoms with Gasteiger partial charge in [-0.1, -0.05) is 55.5 Å². The Kier molecular flexibility index (Phi) is 6.09. The van der Waals surface area contributed by atoms with Crippen LogP contribution in [0.25, 0.3) is 11.1 Å². The van der Waals surface area contributed by atoms with Crippen LogP contribution in [0.3, 0.4) is 0 Å². The number of rotatable bonds is 8. The quantitative estimate of drug-likeness (QED) is 0.727. The fourth-order valence-electron chi connectivity index (χ4n) is 3.62. The molecule has 1 aliphatic carbocycles. The van der Waals surface area contributed by atoms with Crippen LogP contribution < -0.4 is 5.32 Å². The molecule has 1 atom stereocenters. The number of hydrogen-bond donors (Lipinski definition) is 2. The molecule has 0 saturated carbocycles. The number of aliphatic carboxylic acids is 1. The van der Waals surface area contributed by atoms with Crippen molar-refractivity contribution < 1.29 is 24.2 Å². The summed E-state index contributed by atoms with van der Waals surface area (Å²) in [6, 6.07) is 14.9. The van der Waals surface area contributed by atoms with Gasteiger partial charge in [0.15, 0.2) is 5.78 Å². The van der Waals surface area contributed by atoms with E-state index in [-0.39, 0.29) is 24.7 Å². The fourth-order valence-corrected chi connectivity index (χ4v) is 3.62. The number of ether oxygens (including phenoxy) is 1. The molecule has 0 saturated heterocycles. The van der Waals surface area contributed by atoms with Crippen LogP contribution in [-0.4, -0.2) is 35.6 Å². The third-order valence-electron chi connectivity index (χ3n) is 4.90. The Morgan fingerprint density at radius 3 is 2.14 bits per heavy atom. The summed E-state index contributed by atoms with van der Waals surface area (Å²) in [5.74, 6) is -1.55. The first-order valence-electron chi connectivity index (χ1n) is 9.37. The molecule has 0 bridgehead atoms. The maximum absolute atomic E-state index is 12.2. The van der Waals surface area contributed by atoms with Gasteiger partial charge in [0.2, 0.25) is 0 Å². The molecule has 0 aliphatic heterocycles. The highest BCUT2D eigenvalue weighted by molar-refractivity contribution is 5.90. The zero-order valence-electron chi connectivity index (χ0n) is 15.7. The number of carboxylic acid groups (broad SMARTS) is 1. The van der Waals surface area contributed by atoms with E-state index in [1.807, 2.05) is 55.5 Å². The number of fused-ring (bicyclic) bond motifs is 3. The van der Waals surface area contributed by atoms with Crippen molar-refractivity contribution in [2.75, 3.05) is 6.61 Å². The second-order valence-corrected chi connectivity index (χ2v) is 6.84. The summed E-state index contributed by atoms with van der Waals surface area (Å²) in [5.41, 5.74) is 4.41. The van der Waals surface area contributed by atoms with Crippen molar-refractivity contribution in [3.63, 3.8) is 0 Å². The first kappa shape index (κ1) is 19.6. The van der Waals surface area contributed by atoms with Crippen LogP contribution in [0.4, 0.5) is 4.79 Å². The summed E-state index contributed by atoms with van der Waals surface area (Å²) in [6.07, 6.45) is -0.441. The molecule has 1 amide bonds. The van der Waals surface area contributed by atoms with Crippen LogP contribution in [0.15, 0.2) is 48.5 Å². The van der Waals surface area contributed by atoms with Gasteiger partial charge in [0.1, 0.15) is 12.6 Å². The summed E-state index contributed by atoms with van der Waals surface area (Å²) < 4.78 is 5.38. The number of Topliss-reactive ketones (excluding diaryl/α,β-unsaturated/α-hetero) is 1. The number of carboxylic acids is 1. The number of amides is 1. The summed E-state index contributed by atoms with van der Waals surface area (Å²) >= 11 is 0. The molecule has 2 aromatic rings. The molecule has 0 spiro atoms. The molecule has 0 unspecified atom stereocenters. The van der Waals surface area contributed by atoms with E-state index in [0.29, 0.717) is 6.42 Å². The first-order valence-corrected chi connectivity index (χ1v) is 9.37. The summed E-state index contributed by atoms with van der Waals surface area (Å²) in [4.78, 5) is 35.3. The first-order chi connectivity index (χ1) is 13.5. The lowest BCUT2D eigenvalue weighted by Crippen LogP contribution is -2.42. The molecule has 0 aromatic heterocycles. The lowest BCUT2D eigenvalue weighted by atomic mass is 9.98. The largest absolute Gasteiger partial charge is 0.481 e. The zero-order valence-corrected chi connectivity index (χ0v) is 15.7. The molecule has 6 nitrogen and oxygen atoms in total. The predicted octanol–water partition coefficient (Wildman–Crippen LogP) is 3.74. The van der Waals surface area contributed by atoms with Crippen molar-refractivity contribution in [3.05, 3.63) is 59.7 Å². The average Bonchev–Trinajstić information content (AvgIpc) is 3.00. The molecule has 1 aliphatic rings. The van der Waals surface area contributed by atoms with E-state index in [1.54, 1.807) is 0 Å². The molecule has 2 aromatic carbocycles. The molecular formula is C22H23NO5. The van der Waals surface area contributed by atoms with E-state index in [9.17, 15) is 14.4 Å². The standard InChI is InChI=1S/C22H23NO5/c1-2-7-20(24)19(12-21(25)26)23-22(27)28-13-18-16-10-5-3-8-14(16)15-9-4-6-11-17(15)18/h3-6,8-11,18-19H,2,7,12-13H2,1H3,(H,23,27)(H,25,26)/t19-/m0/s1. The van der Waals surface area contributed by atoms with E-state index in [1.165, 1.54) is 0 Å². The Morgan fingerprint density at radius 2 is 1.61 bits per heavy atom. The summed E-state index contributed by atoms with van der Waals surface area (Å²) in [7, 11) is 0. The highest BCUT2D eigenvalue weighted by atomic mass is 16.5. The van der Waals surface area contributed by atoms with Crippen molar-refractivity contribution in [2.45, 2.75) is 38.1 Å². The van der Waals surface area contributed by atoms with Gasteiger partial charge in [0, 0.05) is 12.3 Å². The molecule has 28 heavy (non-hydrogen) atoms. The normalized spacial score (nSPS) is 13.3. The maximum atomic E-state index is 12.2. The fraction of sp³-hybridized carbons (Fsp3) is 0.318. The minimum absolute atomic E-state index is 0.0950. The summed E-state index contributed by atoms with van der Waals surface area (Å²) in [5, 5.41) is 11.4. The minimum atomic E-state index is -1.14. The third-order valence-corrected chi connectivity index (χ3v) is 4.90. The molecule has 6 heteroatoms. The minimum Gasteiger partial charge on any atom is -0.481 e. The lowest BCUT2D eigenvalue weighted by Gasteiger charge is -2.18. The van der Waals surface area contributed by atoms with E-state index >= 15 is 0 Å². The van der Waals surface area contributed by atoms with E-state index in [0.717, 1.165) is 22.3 Å². The molecule has 0 fully saturated rings. The topological polar surface area (TPSA) is 92.7 Å². The van der Waals surface area contributed by atoms with Gasteiger partial charge < -0.3 is 15.2 Å². The van der Waals surface area contributed by atoms with Crippen LogP contribution in [0.2, 0.25) is 0 Å². The van der Waals surface area contributed by atoms with E-state index < -0.39 is 24.5 Å². The van der Waals surface area contributed by atoms with Gasteiger partial charge >= 0.3 is 12.1 Å². The predicted molar refractivity (Wildman–Crippen MR) is 104 cm³/mol. The van der Waals surface area contributed by atoms with Crippen LogP contribution in [0, 0.1) is 0 Å². The number of nitrogens with one attached hydrogen (secondary N) is 1. The van der Waals surface area contributed by atoms with Crippen molar-refractivity contribution in [2.24, 2.45) is 0 Å². The van der Waals surface area contributed by atoms with Crippen LogP contribution in [0.5, 0.6) is 0 Å². The Labute approximate surface area is 163 Å². The van der Waals surface area contributed by atoms with Crippen molar-refractivity contribution >= 4 is 17.8 Å². The smallest absolute Gasteiger partial charge is 0.407 e. The maximum Gasteiger partial charge on any atom is 0.407 e. The molecule has 0 heterocycles. The van der Waals surface area contributed by atoms with Crippen LogP contribution in [0.1, 0.15) is 43.2 Å². The SMILES string of the molecule is CCCC(=O)[C@H](CC(=O)O)NC(=O)OCC1c2ccccc2-c2ccccc21. The zero-order chi connectivity index (χ0) is 20.1. The number of benzene rings is 2. The molecule has 2 N–H and O–H groups in total. The monoisotopic (exact) mass is 381 g/mol. The van der Waals surface area contributed by atoms with Gasteiger partial charge in [-0.3, -0.25) is 9.59 Å². The Bertz CT molecular complexity index is 847. The van der Waals surface area contributed by atoms with Crippen molar-refractivity contribution in [3.8, 4) is 11.1 Å². The van der Waals surface area contributed by atoms with Gasteiger partial charge in [-0.2, -0.15) is 0 Å². The van der Waals surface area contributed by atoms with E-state index in [2.05, 4.69) is 5.32 Å². The Balaban J connectivity index is 1.69. The second-order valence-electron chi connectivity index (χ2n) is 6.84. The molecule has 0 radical (unpaired) electrons. The van der Waals surface area contributed by atoms with Crippen molar-refractivity contribution in [1.82, 2.24) is 5.32 Å². The average molecular weight is 381 g/mol. The lowest BCUT2D eigenvalue weighted by molar-refractivity contribution is -0.139. The molecule has 3 rings (SSSR count). The van der Waals surface area contributed by atoms with Gasteiger partial charge in [0.05, 0.1) is 6.42 Å². The molecule has 146 valence electrons. The number of ketones is 1. The van der Waals surface area contributed by atoms with Gasteiger partial charge in [-0.25, -0.2) is 4.79 Å². The highest BCUT2D eigenvalue weighted by Gasteiger charge is 2.30. The van der Waals surface area contributed by atoms with Gasteiger partial charge in [-0.05, 0) is 28.7 Å². The second kappa shape index (κ2) is 8.69. The van der Waals surface area contributed by atoms with Gasteiger partial charge in [0.25, 0.3) is 0 Å². The highest BCUT2D eigenvalue weighted by Crippen LogP contribution is 2.44. The van der Waals surface area contributed by atoms with Crippen LogP contribution in [-0.2, 0) is 14.3 Å². The summed E-state index contributed by atoms with van der Waals surface area (Å²) in [6.45, 7) is 1.94. The number of alkyl carbamates (subject to hydrolysis) is 1. The Morgan fingerprint density at radius 1 is 1.04 bits per heavy atom. The van der Waals surface area contributed by atoms with Gasteiger partial charge in [-0.15, -0.1) is 0 Å². The number of carbonyl (C=O) groups is 3. The number of hydrogen-bond acceptors (Lipinski definition) is 4. The Hall–Kier alpha value is -3.15.